The van der Waals surface area contributed by atoms with Crippen molar-refractivity contribution >= 4 is 25.9 Å². The fraction of sp³-hybridized carbons (Fsp3) is 0.214. The van der Waals surface area contributed by atoms with Crippen LogP contribution in [0.5, 0.6) is 0 Å². The van der Waals surface area contributed by atoms with Gasteiger partial charge in [-0.15, -0.1) is 0 Å². The van der Waals surface area contributed by atoms with E-state index in [1.54, 1.807) is 30.6 Å². The zero-order chi connectivity index (χ0) is 15.2. The average molecular weight is 313 g/mol. The molecule has 1 aromatic carbocycles. The third kappa shape index (κ3) is 5.59. The minimum absolute atomic E-state index is 0.0991. The molecule has 4 nitrogen and oxygen atoms in total. The van der Waals surface area contributed by atoms with Gasteiger partial charge in [0.05, 0.1) is 4.90 Å². The predicted octanol–water partition coefficient (Wildman–Crippen LogP) is 2.82. The van der Waals surface area contributed by atoms with Crippen molar-refractivity contribution in [1.82, 2.24) is 4.90 Å². The molecule has 0 heterocycles. The Morgan fingerprint density at radius 2 is 1.95 bits per heavy atom. The summed E-state index contributed by atoms with van der Waals surface area (Å²) in [4.78, 5) is 6.11. The average Bonchev–Trinajstić information content (AvgIpc) is 2.37. The highest BCUT2D eigenvalue weighted by Crippen LogP contribution is 2.15. The van der Waals surface area contributed by atoms with Gasteiger partial charge in [-0.25, -0.2) is 8.42 Å². The highest BCUT2D eigenvalue weighted by atomic mass is 35.7. The fourth-order valence-corrected chi connectivity index (χ4v) is 2.05. The number of benzene rings is 1. The lowest BCUT2D eigenvalue weighted by Crippen LogP contribution is -2.07. The molecule has 20 heavy (non-hydrogen) atoms. The van der Waals surface area contributed by atoms with Crippen LogP contribution in [0.4, 0.5) is 0 Å². The molecule has 0 saturated heterocycles. The van der Waals surface area contributed by atoms with E-state index in [0.29, 0.717) is 6.42 Å². The number of hydrogen-bond donors (Lipinski definition) is 0. The second kappa shape index (κ2) is 7.26. The van der Waals surface area contributed by atoms with E-state index >= 15 is 0 Å². The fourth-order valence-electron chi connectivity index (χ4n) is 1.29. The summed E-state index contributed by atoms with van der Waals surface area (Å²) in [7, 11) is 5.39. The van der Waals surface area contributed by atoms with Crippen LogP contribution in [0.2, 0.25) is 0 Å². The topological polar surface area (TPSA) is 49.7 Å². The molecule has 0 aliphatic heterocycles. The Hall–Kier alpha value is -1.59. The molecule has 0 atom stereocenters. The number of likely N-dealkylation sites (N-methyl/N-ethyl adjacent to an activating group) is 1. The Morgan fingerprint density at radius 1 is 1.35 bits per heavy atom. The summed E-state index contributed by atoms with van der Waals surface area (Å²) < 4.78 is 22.2. The first-order chi connectivity index (χ1) is 9.30. The summed E-state index contributed by atoms with van der Waals surface area (Å²) in [5.74, 6) is 0. The first kappa shape index (κ1) is 16.5. The summed E-state index contributed by atoms with van der Waals surface area (Å²) in [6, 6.07) is 6.39. The van der Waals surface area contributed by atoms with Crippen LogP contribution in [0.15, 0.2) is 58.7 Å². The molecule has 0 bridgehead atoms. The van der Waals surface area contributed by atoms with Crippen molar-refractivity contribution < 1.29 is 8.42 Å². The summed E-state index contributed by atoms with van der Waals surface area (Å²) in [6.07, 6.45) is 5.82. The van der Waals surface area contributed by atoms with E-state index in [4.69, 9.17) is 10.7 Å². The van der Waals surface area contributed by atoms with Crippen LogP contribution < -0.4 is 0 Å². The van der Waals surface area contributed by atoms with Crippen molar-refractivity contribution in [3.63, 3.8) is 0 Å². The number of nitrogens with zero attached hydrogens (tertiary/aromatic N) is 2. The molecule has 0 fully saturated rings. The molecule has 1 rings (SSSR count). The number of allylic oxidation sites excluding steroid dienone is 1. The van der Waals surface area contributed by atoms with Crippen LogP contribution in [-0.4, -0.2) is 33.6 Å². The lowest BCUT2D eigenvalue weighted by molar-refractivity contribution is 0.532. The molecule has 0 aromatic heterocycles. The van der Waals surface area contributed by atoms with E-state index in [1.165, 1.54) is 12.1 Å². The maximum Gasteiger partial charge on any atom is 0.261 e. The third-order valence-electron chi connectivity index (χ3n) is 2.56. The molecule has 0 unspecified atom stereocenters. The Labute approximate surface area is 124 Å². The van der Waals surface area contributed by atoms with E-state index < -0.39 is 9.05 Å². The minimum Gasteiger partial charge on any atom is -0.378 e. The Balaban J connectivity index is 2.57. The van der Waals surface area contributed by atoms with Gasteiger partial charge < -0.3 is 4.90 Å². The summed E-state index contributed by atoms with van der Waals surface area (Å²) in [5, 5.41) is 0. The van der Waals surface area contributed by atoms with Gasteiger partial charge >= 0.3 is 0 Å². The van der Waals surface area contributed by atoms with Gasteiger partial charge in [0.1, 0.15) is 0 Å². The largest absolute Gasteiger partial charge is 0.378 e. The Kier molecular flexibility index (Phi) is 5.98. The standard InChI is InChI=1S/C14H17ClN2O2S/c1-12(17(2)3)8-10-16-11-9-13-4-6-14(7-5-13)20(15,18)19/h4-8,10-11H,1,9H2,2-3H3/b10-8-,16-11+. The van der Waals surface area contributed by atoms with Gasteiger partial charge in [-0.05, 0) is 23.8 Å². The van der Waals surface area contributed by atoms with Crippen LogP contribution >= 0.6 is 10.7 Å². The van der Waals surface area contributed by atoms with Gasteiger partial charge in [-0.2, -0.15) is 0 Å². The molecule has 1 aromatic rings. The number of hydrogen-bond acceptors (Lipinski definition) is 4. The SMILES string of the molecule is C=C(/C=C\N=C\Cc1ccc(S(=O)(=O)Cl)cc1)N(C)C. The first-order valence-corrected chi connectivity index (χ1v) is 8.19. The molecule has 0 aliphatic rings. The van der Waals surface area contributed by atoms with Crippen molar-refractivity contribution in [3.8, 4) is 0 Å². The molecule has 0 radical (unpaired) electrons. The lowest BCUT2D eigenvalue weighted by atomic mass is 10.2. The van der Waals surface area contributed by atoms with E-state index in [1.807, 2.05) is 19.0 Å². The molecule has 0 aliphatic carbocycles. The molecule has 0 amide bonds. The number of halogens is 1. The maximum absolute atomic E-state index is 11.1. The zero-order valence-electron chi connectivity index (χ0n) is 11.5. The van der Waals surface area contributed by atoms with Crippen LogP contribution in [0.1, 0.15) is 5.56 Å². The van der Waals surface area contributed by atoms with E-state index in [9.17, 15) is 8.42 Å². The van der Waals surface area contributed by atoms with Gasteiger partial charge in [0, 0.05) is 49.3 Å². The van der Waals surface area contributed by atoms with Gasteiger partial charge in [0.25, 0.3) is 9.05 Å². The molecule has 108 valence electrons. The van der Waals surface area contributed by atoms with Crippen molar-refractivity contribution in [2.24, 2.45) is 4.99 Å². The van der Waals surface area contributed by atoms with E-state index in [0.717, 1.165) is 11.3 Å². The van der Waals surface area contributed by atoms with Crippen LogP contribution in [0.3, 0.4) is 0 Å². The number of rotatable bonds is 6. The van der Waals surface area contributed by atoms with Gasteiger partial charge in [-0.1, -0.05) is 18.7 Å². The van der Waals surface area contributed by atoms with Crippen molar-refractivity contribution in [1.29, 1.82) is 0 Å². The quantitative estimate of drug-likeness (QED) is 0.461. The van der Waals surface area contributed by atoms with Gasteiger partial charge in [-0.3, -0.25) is 4.99 Å². The summed E-state index contributed by atoms with van der Waals surface area (Å²) in [6.45, 7) is 3.84. The Morgan fingerprint density at radius 3 is 2.45 bits per heavy atom. The molecule has 0 saturated carbocycles. The summed E-state index contributed by atoms with van der Waals surface area (Å²) in [5.41, 5.74) is 1.82. The monoisotopic (exact) mass is 312 g/mol. The number of aliphatic imine (C=N–C) groups is 1. The second-order valence-corrected chi connectivity index (χ2v) is 6.89. The van der Waals surface area contributed by atoms with E-state index in [2.05, 4.69) is 11.6 Å². The van der Waals surface area contributed by atoms with Crippen LogP contribution in [0.25, 0.3) is 0 Å². The maximum atomic E-state index is 11.1. The zero-order valence-corrected chi connectivity index (χ0v) is 13.0. The molecular formula is C14H17ClN2O2S. The molecular weight excluding hydrogens is 296 g/mol. The van der Waals surface area contributed by atoms with Crippen molar-refractivity contribution in [2.45, 2.75) is 11.3 Å². The first-order valence-electron chi connectivity index (χ1n) is 5.88. The van der Waals surface area contributed by atoms with Crippen LogP contribution in [0, 0.1) is 0 Å². The normalized spacial score (nSPS) is 12.2. The van der Waals surface area contributed by atoms with E-state index in [-0.39, 0.29) is 4.90 Å². The molecule has 6 heteroatoms. The highest BCUT2D eigenvalue weighted by molar-refractivity contribution is 8.13. The molecule has 0 spiro atoms. The second-order valence-electron chi connectivity index (χ2n) is 4.32. The smallest absolute Gasteiger partial charge is 0.261 e. The highest BCUT2D eigenvalue weighted by Gasteiger charge is 2.08. The summed E-state index contributed by atoms with van der Waals surface area (Å²) >= 11 is 0. The third-order valence-corrected chi connectivity index (χ3v) is 3.93. The molecule has 0 N–H and O–H groups in total. The van der Waals surface area contributed by atoms with Gasteiger partial charge in [0.2, 0.25) is 0 Å². The van der Waals surface area contributed by atoms with Crippen molar-refractivity contribution in [3.05, 3.63) is 54.4 Å². The minimum atomic E-state index is -3.65. The van der Waals surface area contributed by atoms with Crippen LogP contribution in [-0.2, 0) is 15.5 Å². The van der Waals surface area contributed by atoms with Gasteiger partial charge in [0.15, 0.2) is 0 Å². The van der Waals surface area contributed by atoms with Crippen molar-refractivity contribution in [2.75, 3.05) is 14.1 Å². The lowest BCUT2D eigenvalue weighted by Gasteiger charge is -2.10. The predicted molar refractivity (Wildman–Crippen MR) is 83.6 cm³/mol. The Bertz CT molecular complexity index is 617.